The minimum Gasteiger partial charge on any atom is -0.192 e. The van der Waals surface area contributed by atoms with Crippen molar-refractivity contribution >= 4 is 18.3 Å². The van der Waals surface area contributed by atoms with Crippen LogP contribution in [0.2, 0.25) is 0 Å². The Balaban J connectivity index is 3.89. The van der Waals surface area contributed by atoms with Crippen LogP contribution in [0.1, 0.15) is 6.92 Å². The van der Waals surface area contributed by atoms with Crippen LogP contribution in [-0.4, -0.2) is 34.7 Å². The highest BCUT2D eigenvalue weighted by molar-refractivity contribution is 8.30. The van der Waals surface area contributed by atoms with Crippen LogP contribution in [0, 0.1) is 0 Å². The summed E-state index contributed by atoms with van der Waals surface area (Å²) < 4.78 is 5.08. The predicted octanol–water partition coefficient (Wildman–Crippen LogP) is 1.38. The smallest absolute Gasteiger partial charge is 0.192 e. The summed E-state index contributed by atoms with van der Waals surface area (Å²) in [5.74, 6) is 0. The van der Waals surface area contributed by atoms with Crippen LogP contribution in [0.15, 0.2) is 0 Å². The highest BCUT2D eigenvalue weighted by Gasteiger charge is 2.37. The summed E-state index contributed by atoms with van der Waals surface area (Å²) in [7, 11) is -4.25. The van der Waals surface area contributed by atoms with E-state index in [9.17, 15) is 0 Å². The third-order valence-corrected chi connectivity index (χ3v) is 4.32. The third-order valence-electron chi connectivity index (χ3n) is 0.755. The Morgan fingerprint density at radius 1 is 1.30 bits per heavy atom. The molecular weight excluding hydrogens is 171 g/mol. The maximum atomic E-state index is 9.12. The van der Waals surface area contributed by atoms with Crippen LogP contribution in [0.3, 0.4) is 0 Å². The van der Waals surface area contributed by atoms with E-state index < -0.39 is 18.3 Å². The third kappa shape index (κ3) is 5.45. The van der Waals surface area contributed by atoms with Gasteiger partial charge in [0, 0.05) is 0 Å². The van der Waals surface area contributed by atoms with Crippen molar-refractivity contribution in [3.8, 4) is 0 Å². The molecule has 0 aromatic rings. The topological polar surface area (TPSA) is 49.7 Å². The Hall–Kier alpha value is 0.660. The van der Waals surface area contributed by atoms with Crippen LogP contribution in [0.25, 0.3) is 0 Å². The Kier molecular flexibility index (Phi) is 3.59. The molecule has 0 saturated carbocycles. The van der Waals surface area contributed by atoms with Crippen LogP contribution >= 0.6 is 18.3 Å². The fraction of sp³-hybridized carbons (Fsp3) is 1.00. The minimum absolute atomic E-state index is 0.303. The lowest BCUT2D eigenvalue weighted by Crippen LogP contribution is -2.03. The summed E-state index contributed by atoms with van der Waals surface area (Å²) in [5.41, 5.74) is 0. The van der Waals surface area contributed by atoms with Crippen LogP contribution in [0.5, 0.6) is 0 Å². The van der Waals surface area contributed by atoms with E-state index in [1.807, 2.05) is 18.8 Å². The van der Waals surface area contributed by atoms with Crippen molar-refractivity contribution in [1.82, 2.24) is 0 Å². The first kappa shape index (κ1) is 10.7. The highest BCUT2D eigenvalue weighted by Crippen LogP contribution is 2.61. The number of rotatable bonds is 3. The van der Waals surface area contributed by atoms with Gasteiger partial charge in [0.1, 0.15) is 6.16 Å². The first-order chi connectivity index (χ1) is 4.27. The molecule has 2 N–H and O–H groups in total. The van der Waals surface area contributed by atoms with Gasteiger partial charge in [0.15, 0.2) is 0 Å². The molecule has 0 spiro atoms. The van der Waals surface area contributed by atoms with Crippen LogP contribution < -0.4 is 0 Å². The molecule has 0 aliphatic rings. The SMILES string of the molecule is CC[P+](O)(O)OS(C)(C)C. The maximum absolute atomic E-state index is 9.12. The lowest BCUT2D eigenvalue weighted by Gasteiger charge is -2.24. The molecule has 5 heteroatoms. The summed E-state index contributed by atoms with van der Waals surface area (Å²) in [5, 5.41) is 0. The Morgan fingerprint density at radius 3 is 1.80 bits per heavy atom. The van der Waals surface area contributed by atoms with Crippen molar-refractivity contribution in [2.24, 2.45) is 0 Å². The first-order valence-corrected chi connectivity index (χ1v) is 7.58. The van der Waals surface area contributed by atoms with E-state index in [2.05, 4.69) is 0 Å². The van der Waals surface area contributed by atoms with Crippen molar-refractivity contribution in [3.05, 3.63) is 0 Å². The summed E-state index contributed by atoms with van der Waals surface area (Å²) in [4.78, 5) is 18.2. The molecule has 0 fully saturated rings. The zero-order valence-electron chi connectivity index (χ0n) is 6.87. The van der Waals surface area contributed by atoms with Gasteiger partial charge in [-0.05, 0) is 25.7 Å². The Labute approximate surface area is 64.5 Å². The molecule has 0 rings (SSSR count). The summed E-state index contributed by atoms with van der Waals surface area (Å²) in [6, 6.07) is 0. The van der Waals surface area contributed by atoms with E-state index in [-0.39, 0.29) is 0 Å². The zero-order chi connectivity index (χ0) is 8.41. The van der Waals surface area contributed by atoms with Gasteiger partial charge in [-0.2, -0.15) is 9.79 Å². The zero-order valence-corrected chi connectivity index (χ0v) is 8.58. The van der Waals surface area contributed by atoms with Crippen LogP contribution in [-0.2, 0) is 3.97 Å². The van der Waals surface area contributed by atoms with E-state index in [4.69, 9.17) is 13.8 Å². The largest absolute Gasteiger partial charge is 0.417 e. The van der Waals surface area contributed by atoms with Crippen molar-refractivity contribution in [2.45, 2.75) is 6.92 Å². The van der Waals surface area contributed by atoms with Gasteiger partial charge >= 0.3 is 7.94 Å². The molecule has 64 valence electrons. The van der Waals surface area contributed by atoms with Crippen LogP contribution in [0.4, 0.5) is 0 Å². The molecule has 0 aromatic carbocycles. The Morgan fingerprint density at radius 2 is 1.70 bits per heavy atom. The monoisotopic (exact) mass is 187 g/mol. The summed E-state index contributed by atoms with van der Waals surface area (Å²) in [6.45, 7) is 1.71. The molecule has 0 amide bonds. The van der Waals surface area contributed by atoms with Gasteiger partial charge in [0.05, 0.1) is 0 Å². The maximum Gasteiger partial charge on any atom is 0.417 e. The normalized spacial score (nSPS) is 15.4. The lowest BCUT2D eigenvalue weighted by molar-refractivity contribution is 0.358. The molecule has 0 radical (unpaired) electrons. The molecule has 0 unspecified atom stereocenters. The van der Waals surface area contributed by atoms with Crippen molar-refractivity contribution in [1.29, 1.82) is 0 Å². The van der Waals surface area contributed by atoms with Gasteiger partial charge in [-0.25, -0.2) is 0 Å². The lowest BCUT2D eigenvalue weighted by atomic mass is 11.0. The second-order valence-corrected chi connectivity index (χ2v) is 8.79. The van der Waals surface area contributed by atoms with E-state index in [0.29, 0.717) is 6.16 Å². The van der Waals surface area contributed by atoms with Gasteiger partial charge in [0.25, 0.3) is 0 Å². The average molecular weight is 187 g/mol. The highest BCUT2D eigenvalue weighted by atomic mass is 32.3. The van der Waals surface area contributed by atoms with E-state index >= 15 is 0 Å². The van der Waals surface area contributed by atoms with Gasteiger partial charge in [-0.1, -0.05) is 10.3 Å². The minimum atomic E-state index is -3.01. The molecule has 0 heterocycles. The molecule has 0 saturated heterocycles. The van der Waals surface area contributed by atoms with Crippen molar-refractivity contribution < 1.29 is 13.8 Å². The number of hydrogen-bond acceptors (Lipinski definition) is 3. The van der Waals surface area contributed by atoms with Gasteiger partial charge in [-0.3, -0.25) is 0 Å². The molecule has 10 heavy (non-hydrogen) atoms. The molecular formula is C5H16O3PS+. The quantitative estimate of drug-likeness (QED) is 0.656. The van der Waals surface area contributed by atoms with Crippen molar-refractivity contribution in [3.63, 3.8) is 0 Å². The van der Waals surface area contributed by atoms with E-state index in [1.165, 1.54) is 0 Å². The number of hydrogen-bond donors (Lipinski definition) is 2. The van der Waals surface area contributed by atoms with E-state index in [0.717, 1.165) is 0 Å². The molecule has 0 aliphatic carbocycles. The van der Waals surface area contributed by atoms with E-state index in [1.54, 1.807) is 6.92 Å². The molecule has 0 bridgehead atoms. The second kappa shape index (κ2) is 3.37. The standard InChI is InChI=1S/C5H16O3PS/c1-5-9(6,7)8-10(2,3)4/h6-7H,5H2,1-4H3/q+1. The molecule has 0 aromatic heterocycles. The fourth-order valence-electron chi connectivity index (χ4n) is 0.411. The van der Waals surface area contributed by atoms with Gasteiger partial charge < -0.3 is 0 Å². The molecule has 0 aliphatic heterocycles. The average Bonchev–Trinajstić information content (AvgIpc) is 1.60. The Bertz CT molecular complexity index is 110. The first-order valence-electron chi connectivity index (χ1n) is 3.00. The molecule has 0 atom stereocenters. The second-order valence-electron chi connectivity index (χ2n) is 2.78. The summed E-state index contributed by atoms with van der Waals surface area (Å²) in [6.07, 6.45) is 5.94. The van der Waals surface area contributed by atoms with Gasteiger partial charge in [0.2, 0.25) is 0 Å². The van der Waals surface area contributed by atoms with Gasteiger partial charge in [-0.15, -0.1) is 3.97 Å². The fourth-order valence-corrected chi connectivity index (χ4v) is 3.70. The summed E-state index contributed by atoms with van der Waals surface area (Å²) >= 11 is 0. The van der Waals surface area contributed by atoms with Crippen molar-refractivity contribution in [2.75, 3.05) is 24.9 Å². The molecule has 3 nitrogen and oxygen atoms in total. The predicted molar refractivity (Wildman–Crippen MR) is 48.3 cm³/mol.